The summed E-state index contributed by atoms with van der Waals surface area (Å²) in [6, 6.07) is 6.37. The molecule has 7 nitrogen and oxygen atoms in total. The van der Waals surface area contributed by atoms with Crippen molar-refractivity contribution in [1.82, 2.24) is 14.8 Å². The van der Waals surface area contributed by atoms with Crippen LogP contribution in [-0.4, -0.2) is 24.8 Å². The highest BCUT2D eigenvalue weighted by atomic mass is 16.6. The quantitative estimate of drug-likeness (QED) is 0.684. The van der Waals surface area contributed by atoms with Gasteiger partial charge in [0, 0.05) is 11.6 Å². The molecule has 0 aliphatic rings. The third kappa shape index (κ3) is 2.39. The number of nitro groups is 1. The first-order chi connectivity index (χ1) is 9.36. The molecule has 0 amide bonds. The molecule has 0 spiro atoms. The summed E-state index contributed by atoms with van der Waals surface area (Å²) in [5.74, 6) is 0.763. The van der Waals surface area contributed by atoms with Crippen molar-refractivity contribution < 1.29 is 10.0 Å². The van der Waals surface area contributed by atoms with Gasteiger partial charge in [0.1, 0.15) is 6.61 Å². The molecule has 0 unspecified atom stereocenters. The number of nitro benzene ring substituents is 1. The van der Waals surface area contributed by atoms with Crippen LogP contribution >= 0.6 is 0 Å². The van der Waals surface area contributed by atoms with Crippen molar-refractivity contribution in [3.63, 3.8) is 0 Å². The first kappa shape index (κ1) is 14.1. The van der Waals surface area contributed by atoms with Crippen LogP contribution in [-0.2, 0) is 12.1 Å². The average molecular weight is 276 g/mol. The molecule has 20 heavy (non-hydrogen) atoms. The number of aliphatic hydroxyl groups excluding tert-OH is 1. The molecule has 1 aromatic carbocycles. The van der Waals surface area contributed by atoms with E-state index in [9.17, 15) is 15.2 Å². The van der Waals surface area contributed by atoms with Crippen molar-refractivity contribution in [3.05, 3.63) is 40.2 Å². The lowest BCUT2D eigenvalue weighted by Gasteiger charge is -2.24. The Morgan fingerprint density at radius 2 is 1.95 bits per heavy atom. The number of rotatable bonds is 3. The SMILES string of the molecule is CC(C)(C)n1c(CO)nnc1-c1ccccc1[N+](=O)[O-]. The van der Waals surface area contributed by atoms with Gasteiger partial charge in [-0.05, 0) is 26.8 Å². The third-order valence-electron chi connectivity index (χ3n) is 2.88. The molecule has 1 aromatic heterocycles. The van der Waals surface area contributed by atoms with Crippen molar-refractivity contribution >= 4 is 5.69 Å². The molecule has 0 radical (unpaired) electrons. The van der Waals surface area contributed by atoms with Gasteiger partial charge in [-0.2, -0.15) is 0 Å². The Kier molecular flexibility index (Phi) is 3.54. The number of nitrogens with zero attached hydrogens (tertiary/aromatic N) is 4. The lowest BCUT2D eigenvalue weighted by atomic mass is 10.1. The summed E-state index contributed by atoms with van der Waals surface area (Å²) in [4.78, 5) is 10.7. The number of hydrogen-bond donors (Lipinski definition) is 1. The van der Waals surface area contributed by atoms with Gasteiger partial charge in [0.2, 0.25) is 0 Å². The number of para-hydroxylation sites is 1. The Hall–Kier alpha value is -2.28. The maximum absolute atomic E-state index is 11.1. The van der Waals surface area contributed by atoms with Gasteiger partial charge in [-0.1, -0.05) is 12.1 Å². The highest BCUT2D eigenvalue weighted by Crippen LogP contribution is 2.32. The van der Waals surface area contributed by atoms with Crippen LogP contribution in [0.2, 0.25) is 0 Å². The predicted octanol–water partition coefficient (Wildman–Crippen LogP) is 2.10. The monoisotopic (exact) mass is 276 g/mol. The summed E-state index contributed by atoms with van der Waals surface area (Å²) in [6.07, 6.45) is 0. The van der Waals surface area contributed by atoms with Crippen molar-refractivity contribution in [3.8, 4) is 11.4 Å². The fourth-order valence-corrected chi connectivity index (χ4v) is 2.12. The fraction of sp³-hybridized carbons (Fsp3) is 0.385. The molecule has 0 aliphatic carbocycles. The van der Waals surface area contributed by atoms with E-state index < -0.39 is 10.5 Å². The van der Waals surface area contributed by atoms with E-state index in [1.807, 2.05) is 20.8 Å². The molecule has 7 heteroatoms. The maximum Gasteiger partial charge on any atom is 0.280 e. The molecular formula is C13H16N4O3. The molecule has 2 rings (SSSR count). The highest BCUT2D eigenvalue weighted by molar-refractivity contribution is 5.68. The van der Waals surface area contributed by atoms with Crippen molar-refractivity contribution in [2.75, 3.05) is 0 Å². The molecule has 0 atom stereocenters. The minimum atomic E-state index is -0.449. The average Bonchev–Trinajstić information content (AvgIpc) is 2.82. The first-order valence-electron chi connectivity index (χ1n) is 6.15. The predicted molar refractivity (Wildman–Crippen MR) is 73.0 cm³/mol. The molecule has 1 N–H and O–H groups in total. The van der Waals surface area contributed by atoms with Gasteiger partial charge < -0.3 is 9.67 Å². The van der Waals surface area contributed by atoms with Crippen LogP contribution in [0.25, 0.3) is 11.4 Å². The van der Waals surface area contributed by atoms with Crippen LogP contribution in [0, 0.1) is 10.1 Å². The number of hydrogen-bond acceptors (Lipinski definition) is 5. The first-order valence-corrected chi connectivity index (χ1v) is 6.15. The Bertz CT molecular complexity index is 643. The highest BCUT2D eigenvalue weighted by Gasteiger charge is 2.27. The zero-order valence-electron chi connectivity index (χ0n) is 11.6. The van der Waals surface area contributed by atoms with Gasteiger partial charge in [0.25, 0.3) is 5.69 Å². The van der Waals surface area contributed by atoms with Gasteiger partial charge in [0.05, 0.1) is 10.5 Å². The van der Waals surface area contributed by atoms with E-state index in [4.69, 9.17) is 0 Å². The molecule has 2 aromatic rings. The van der Waals surface area contributed by atoms with Crippen molar-refractivity contribution in [2.24, 2.45) is 0 Å². The summed E-state index contributed by atoms with van der Waals surface area (Å²) in [5, 5.41) is 28.4. The Morgan fingerprint density at radius 3 is 2.50 bits per heavy atom. The third-order valence-corrected chi connectivity index (χ3v) is 2.88. The summed E-state index contributed by atoms with van der Waals surface area (Å²) in [6.45, 7) is 5.50. The van der Waals surface area contributed by atoms with E-state index in [1.54, 1.807) is 22.8 Å². The van der Waals surface area contributed by atoms with E-state index in [-0.39, 0.29) is 12.3 Å². The van der Waals surface area contributed by atoms with E-state index >= 15 is 0 Å². The minimum Gasteiger partial charge on any atom is -0.388 e. The summed E-state index contributed by atoms with van der Waals surface area (Å²) >= 11 is 0. The summed E-state index contributed by atoms with van der Waals surface area (Å²) < 4.78 is 1.72. The number of benzene rings is 1. The van der Waals surface area contributed by atoms with Crippen LogP contribution in [0.3, 0.4) is 0 Å². The van der Waals surface area contributed by atoms with Crippen LogP contribution < -0.4 is 0 Å². The second kappa shape index (κ2) is 5.01. The number of aromatic nitrogens is 3. The van der Waals surface area contributed by atoms with E-state index in [1.165, 1.54) is 6.07 Å². The second-order valence-corrected chi connectivity index (χ2v) is 5.38. The molecule has 106 valence electrons. The zero-order valence-corrected chi connectivity index (χ0v) is 11.6. The fourth-order valence-electron chi connectivity index (χ4n) is 2.12. The van der Waals surface area contributed by atoms with Crippen LogP contribution in [0.5, 0.6) is 0 Å². The standard InChI is InChI=1S/C13H16N4O3/c1-13(2,3)16-11(8-18)14-15-12(16)9-6-4-5-7-10(9)17(19)20/h4-7,18H,8H2,1-3H3. The Balaban J connectivity index is 2.72. The van der Waals surface area contributed by atoms with Gasteiger partial charge in [0.15, 0.2) is 11.6 Å². The lowest BCUT2D eigenvalue weighted by molar-refractivity contribution is -0.384. The second-order valence-electron chi connectivity index (χ2n) is 5.38. The minimum absolute atomic E-state index is 0.0325. The summed E-state index contributed by atoms with van der Waals surface area (Å²) in [7, 11) is 0. The molecule has 1 heterocycles. The van der Waals surface area contributed by atoms with Crippen LogP contribution in [0.1, 0.15) is 26.6 Å². The van der Waals surface area contributed by atoms with Gasteiger partial charge in [-0.15, -0.1) is 10.2 Å². The zero-order chi connectivity index (χ0) is 14.9. The molecule has 0 aliphatic heterocycles. The molecule has 0 saturated carbocycles. The van der Waals surface area contributed by atoms with Gasteiger partial charge >= 0.3 is 0 Å². The molecule has 0 bridgehead atoms. The maximum atomic E-state index is 11.1. The van der Waals surface area contributed by atoms with Crippen LogP contribution in [0.4, 0.5) is 5.69 Å². The molecule has 0 saturated heterocycles. The number of aliphatic hydroxyl groups is 1. The molecular weight excluding hydrogens is 260 g/mol. The molecule has 0 fully saturated rings. The summed E-state index contributed by atoms with van der Waals surface area (Å²) in [5.41, 5.74) is -0.0461. The lowest BCUT2D eigenvalue weighted by Crippen LogP contribution is -2.25. The Labute approximate surface area is 116 Å². The van der Waals surface area contributed by atoms with Gasteiger partial charge in [-0.3, -0.25) is 10.1 Å². The normalized spacial score (nSPS) is 11.6. The largest absolute Gasteiger partial charge is 0.388 e. The van der Waals surface area contributed by atoms with E-state index in [0.717, 1.165) is 0 Å². The van der Waals surface area contributed by atoms with E-state index in [2.05, 4.69) is 10.2 Å². The van der Waals surface area contributed by atoms with Crippen molar-refractivity contribution in [1.29, 1.82) is 0 Å². The topological polar surface area (TPSA) is 94.1 Å². The van der Waals surface area contributed by atoms with Gasteiger partial charge in [-0.25, -0.2) is 0 Å². The van der Waals surface area contributed by atoms with Crippen LogP contribution in [0.15, 0.2) is 24.3 Å². The Morgan fingerprint density at radius 1 is 1.30 bits per heavy atom. The van der Waals surface area contributed by atoms with Crippen molar-refractivity contribution in [2.45, 2.75) is 32.9 Å². The smallest absolute Gasteiger partial charge is 0.280 e. The van der Waals surface area contributed by atoms with E-state index in [0.29, 0.717) is 17.2 Å².